The smallest absolute Gasteiger partial charge is 0.122 e. The molecule has 18 heavy (non-hydrogen) atoms. The first-order valence-corrected chi connectivity index (χ1v) is 6.99. The summed E-state index contributed by atoms with van der Waals surface area (Å²) < 4.78 is 1.88. The molecule has 0 aliphatic rings. The van der Waals surface area contributed by atoms with E-state index in [9.17, 15) is 0 Å². The molecule has 0 saturated heterocycles. The maximum Gasteiger partial charge on any atom is 0.122 e. The molecule has 1 aromatic carbocycles. The molecular formula is C14H19N3S. The van der Waals surface area contributed by atoms with Crippen LogP contribution in [-0.2, 0) is 13.5 Å². The van der Waals surface area contributed by atoms with Gasteiger partial charge in [0.25, 0.3) is 0 Å². The molecule has 0 atom stereocenters. The second-order valence-electron chi connectivity index (χ2n) is 4.45. The summed E-state index contributed by atoms with van der Waals surface area (Å²) in [6.07, 6.45) is 2.00. The number of anilines is 1. The van der Waals surface area contributed by atoms with Crippen molar-refractivity contribution in [3.63, 3.8) is 0 Å². The molecule has 4 heteroatoms. The zero-order valence-corrected chi connectivity index (χ0v) is 11.9. The molecule has 0 spiro atoms. The van der Waals surface area contributed by atoms with E-state index in [-0.39, 0.29) is 0 Å². The maximum atomic E-state index is 6.16. The van der Waals surface area contributed by atoms with Crippen LogP contribution in [0, 0.1) is 6.92 Å². The minimum absolute atomic E-state index is 0.824. The van der Waals surface area contributed by atoms with E-state index in [2.05, 4.69) is 43.2 Å². The lowest BCUT2D eigenvalue weighted by atomic mass is 10.2. The molecule has 0 unspecified atom stereocenters. The van der Waals surface area contributed by atoms with Gasteiger partial charge < -0.3 is 5.73 Å². The number of nitrogen functional groups attached to an aromatic ring is 1. The summed E-state index contributed by atoms with van der Waals surface area (Å²) >= 11 is 1.67. The number of nitrogens with two attached hydrogens (primary N) is 1. The van der Waals surface area contributed by atoms with Crippen molar-refractivity contribution >= 4 is 17.4 Å². The number of hydrogen-bond acceptors (Lipinski definition) is 3. The highest BCUT2D eigenvalue weighted by Crippen LogP contribution is 2.33. The van der Waals surface area contributed by atoms with Crippen LogP contribution in [-0.4, -0.2) is 9.78 Å². The van der Waals surface area contributed by atoms with Gasteiger partial charge in [-0.1, -0.05) is 42.8 Å². The minimum Gasteiger partial charge on any atom is -0.395 e. The van der Waals surface area contributed by atoms with Crippen molar-refractivity contribution in [1.82, 2.24) is 9.78 Å². The summed E-state index contributed by atoms with van der Waals surface area (Å²) in [5.74, 6) is 0. The zero-order chi connectivity index (χ0) is 13.1. The van der Waals surface area contributed by atoms with Crippen LogP contribution in [0.25, 0.3) is 0 Å². The molecule has 0 saturated carbocycles. The van der Waals surface area contributed by atoms with Gasteiger partial charge in [-0.2, -0.15) is 5.10 Å². The van der Waals surface area contributed by atoms with Crippen molar-refractivity contribution in [2.75, 3.05) is 5.73 Å². The SMILES string of the molecule is CCCc1nn(C)c(Sc2ccc(C)cc2)c1N. The van der Waals surface area contributed by atoms with Crippen LogP contribution in [0.4, 0.5) is 5.69 Å². The van der Waals surface area contributed by atoms with Gasteiger partial charge in [0.15, 0.2) is 0 Å². The molecule has 0 amide bonds. The van der Waals surface area contributed by atoms with E-state index in [0.717, 1.165) is 29.2 Å². The number of benzene rings is 1. The van der Waals surface area contributed by atoms with Crippen molar-refractivity contribution < 1.29 is 0 Å². The van der Waals surface area contributed by atoms with E-state index in [4.69, 9.17) is 5.73 Å². The van der Waals surface area contributed by atoms with Crippen molar-refractivity contribution in [2.24, 2.45) is 7.05 Å². The summed E-state index contributed by atoms with van der Waals surface area (Å²) in [5.41, 5.74) is 9.26. The third kappa shape index (κ3) is 2.70. The number of aryl methyl sites for hydroxylation is 3. The van der Waals surface area contributed by atoms with E-state index in [1.54, 1.807) is 11.8 Å². The Morgan fingerprint density at radius 1 is 1.28 bits per heavy atom. The first-order valence-electron chi connectivity index (χ1n) is 6.17. The van der Waals surface area contributed by atoms with Gasteiger partial charge in [0.2, 0.25) is 0 Å². The van der Waals surface area contributed by atoms with Crippen LogP contribution in [0.3, 0.4) is 0 Å². The van der Waals surface area contributed by atoms with Gasteiger partial charge in [-0.15, -0.1) is 0 Å². The Labute approximate surface area is 112 Å². The molecule has 2 N–H and O–H groups in total. The molecule has 1 heterocycles. The monoisotopic (exact) mass is 261 g/mol. The van der Waals surface area contributed by atoms with Gasteiger partial charge in [0.05, 0.1) is 11.4 Å². The third-order valence-electron chi connectivity index (χ3n) is 2.83. The Morgan fingerprint density at radius 2 is 1.94 bits per heavy atom. The van der Waals surface area contributed by atoms with Gasteiger partial charge in [0, 0.05) is 11.9 Å². The quantitative estimate of drug-likeness (QED) is 0.917. The summed E-state index contributed by atoms with van der Waals surface area (Å²) in [7, 11) is 1.95. The molecule has 0 bridgehead atoms. The van der Waals surface area contributed by atoms with Crippen LogP contribution < -0.4 is 5.73 Å². The maximum absolute atomic E-state index is 6.16. The first kappa shape index (κ1) is 13.0. The predicted molar refractivity (Wildman–Crippen MR) is 76.9 cm³/mol. The summed E-state index contributed by atoms with van der Waals surface area (Å²) in [4.78, 5) is 1.19. The normalized spacial score (nSPS) is 10.8. The molecule has 0 radical (unpaired) electrons. The Kier molecular flexibility index (Phi) is 3.97. The Morgan fingerprint density at radius 3 is 2.56 bits per heavy atom. The largest absolute Gasteiger partial charge is 0.395 e. The van der Waals surface area contributed by atoms with E-state index in [0.29, 0.717) is 0 Å². The third-order valence-corrected chi connectivity index (χ3v) is 4.01. The summed E-state index contributed by atoms with van der Waals surface area (Å²) in [5, 5.41) is 5.51. The van der Waals surface area contributed by atoms with Crippen molar-refractivity contribution in [1.29, 1.82) is 0 Å². The fourth-order valence-electron chi connectivity index (χ4n) is 1.84. The molecule has 0 aliphatic heterocycles. The van der Waals surface area contributed by atoms with Crippen LogP contribution in [0.2, 0.25) is 0 Å². The van der Waals surface area contributed by atoms with Crippen molar-refractivity contribution in [3.05, 3.63) is 35.5 Å². The molecule has 96 valence electrons. The Balaban J connectivity index is 2.26. The standard InChI is InChI=1S/C14H19N3S/c1-4-5-12-13(15)14(17(3)16-12)18-11-8-6-10(2)7-9-11/h6-9H,4-5,15H2,1-3H3. The zero-order valence-electron chi connectivity index (χ0n) is 11.1. The highest BCUT2D eigenvalue weighted by atomic mass is 32.2. The van der Waals surface area contributed by atoms with Gasteiger partial charge in [0.1, 0.15) is 5.03 Å². The predicted octanol–water partition coefficient (Wildman–Crippen LogP) is 3.41. The second-order valence-corrected chi connectivity index (χ2v) is 5.52. The lowest BCUT2D eigenvalue weighted by Crippen LogP contribution is -1.93. The summed E-state index contributed by atoms with van der Waals surface area (Å²) in [6.45, 7) is 4.23. The second kappa shape index (κ2) is 5.48. The van der Waals surface area contributed by atoms with E-state index >= 15 is 0 Å². The van der Waals surface area contributed by atoms with Crippen LogP contribution >= 0.6 is 11.8 Å². The fraction of sp³-hybridized carbons (Fsp3) is 0.357. The van der Waals surface area contributed by atoms with Gasteiger partial charge in [-0.05, 0) is 25.5 Å². The highest BCUT2D eigenvalue weighted by Gasteiger charge is 2.13. The van der Waals surface area contributed by atoms with Gasteiger partial charge >= 0.3 is 0 Å². The van der Waals surface area contributed by atoms with E-state index in [1.807, 2.05) is 11.7 Å². The molecule has 2 aromatic rings. The Bertz CT molecular complexity index is 529. The first-order chi connectivity index (χ1) is 8.61. The highest BCUT2D eigenvalue weighted by molar-refractivity contribution is 7.99. The minimum atomic E-state index is 0.824. The average Bonchev–Trinajstić information content (AvgIpc) is 2.60. The molecule has 1 aromatic heterocycles. The van der Waals surface area contributed by atoms with Crippen molar-refractivity contribution in [2.45, 2.75) is 36.6 Å². The van der Waals surface area contributed by atoms with Crippen LogP contribution in [0.1, 0.15) is 24.6 Å². The number of nitrogens with zero attached hydrogens (tertiary/aromatic N) is 2. The van der Waals surface area contributed by atoms with E-state index < -0.39 is 0 Å². The number of rotatable bonds is 4. The van der Waals surface area contributed by atoms with Gasteiger partial charge in [-0.25, -0.2) is 0 Å². The number of aromatic nitrogens is 2. The molecular weight excluding hydrogens is 242 g/mol. The Hall–Kier alpha value is -1.42. The lowest BCUT2D eigenvalue weighted by molar-refractivity contribution is 0.682. The van der Waals surface area contributed by atoms with Crippen LogP contribution in [0.5, 0.6) is 0 Å². The lowest BCUT2D eigenvalue weighted by Gasteiger charge is -2.03. The molecule has 0 fully saturated rings. The van der Waals surface area contributed by atoms with E-state index in [1.165, 1.54) is 10.5 Å². The average molecular weight is 261 g/mol. The molecule has 3 nitrogen and oxygen atoms in total. The van der Waals surface area contributed by atoms with Crippen LogP contribution in [0.15, 0.2) is 34.2 Å². The topological polar surface area (TPSA) is 43.8 Å². The number of hydrogen-bond donors (Lipinski definition) is 1. The van der Waals surface area contributed by atoms with Gasteiger partial charge in [-0.3, -0.25) is 4.68 Å². The fourth-order valence-corrected chi connectivity index (χ4v) is 2.73. The molecule has 0 aliphatic carbocycles. The van der Waals surface area contributed by atoms with Crippen molar-refractivity contribution in [3.8, 4) is 0 Å². The summed E-state index contributed by atoms with van der Waals surface area (Å²) in [6, 6.07) is 8.46. The molecule has 2 rings (SSSR count).